The zero-order chi connectivity index (χ0) is 27.7. The van der Waals surface area contributed by atoms with Crippen molar-refractivity contribution in [1.82, 2.24) is 9.80 Å². The third-order valence-corrected chi connectivity index (χ3v) is 9.21. The Labute approximate surface area is 226 Å². The van der Waals surface area contributed by atoms with Crippen molar-refractivity contribution in [3.8, 4) is 0 Å². The van der Waals surface area contributed by atoms with E-state index in [4.69, 9.17) is 9.84 Å². The SMILES string of the molecule is CCN1CC(=O)N(CCCCC(CC)(CC)CCCCOCCCCC(CC)(CC)CCC(=O)O)C1=O. The third-order valence-electron chi connectivity index (χ3n) is 9.21. The fraction of sp³-hybridized carbons (Fsp3) is 0.900. The Morgan fingerprint density at radius 2 is 1.27 bits per heavy atom. The number of rotatable bonds is 23. The molecule has 1 aliphatic rings. The van der Waals surface area contributed by atoms with Crippen molar-refractivity contribution in [2.75, 3.05) is 32.8 Å². The Kier molecular flexibility index (Phi) is 16.1. The minimum atomic E-state index is -0.691. The molecule has 0 saturated carbocycles. The summed E-state index contributed by atoms with van der Waals surface area (Å²) in [4.78, 5) is 38.4. The minimum absolute atomic E-state index is 0.0580. The molecule has 0 aromatic rings. The molecular formula is C30H56N2O5. The van der Waals surface area contributed by atoms with Crippen molar-refractivity contribution in [1.29, 1.82) is 0 Å². The number of aliphatic carboxylic acids is 1. The van der Waals surface area contributed by atoms with Gasteiger partial charge in [0.2, 0.25) is 5.91 Å². The molecule has 0 aromatic carbocycles. The lowest BCUT2D eigenvalue weighted by molar-refractivity contribution is -0.137. The van der Waals surface area contributed by atoms with E-state index in [9.17, 15) is 14.4 Å². The quantitative estimate of drug-likeness (QED) is 0.112. The number of amides is 3. The second kappa shape index (κ2) is 17.8. The van der Waals surface area contributed by atoms with E-state index in [1.165, 1.54) is 17.7 Å². The average Bonchev–Trinajstić information content (AvgIpc) is 3.18. The van der Waals surface area contributed by atoms with Gasteiger partial charge in [-0.15, -0.1) is 0 Å². The zero-order valence-corrected chi connectivity index (χ0v) is 24.6. The normalized spacial score (nSPS) is 14.7. The van der Waals surface area contributed by atoms with Crippen molar-refractivity contribution in [2.24, 2.45) is 10.8 Å². The first-order valence-electron chi connectivity index (χ1n) is 15.1. The maximum Gasteiger partial charge on any atom is 0.327 e. The van der Waals surface area contributed by atoms with E-state index in [0.29, 0.717) is 18.5 Å². The average molecular weight is 525 g/mol. The lowest BCUT2D eigenvalue weighted by Crippen LogP contribution is -2.33. The number of imide groups is 1. The predicted molar refractivity (Wildman–Crippen MR) is 150 cm³/mol. The van der Waals surface area contributed by atoms with Gasteiger partial charge in [-0.3, -0.25) is 14.5 Å². The summed E-state index contributed by atoms with van der Waals surface area (Å²) < 4.78 is 5.92. The highest BCUT2D eigenvalue weighted by Gasteiger charge is 2.34. The van der Waals surface area contributed by atoms with Gasteiger partial charge in [0.1, 0.15) is 6.54 Å². The highest BCUT2D eigenvalue weighted by Crippen LogP contribution is 2.38. The first kappa shape index (κ1) is 33.4. The maximum absolute atomic E-state index is 12.3. The summed E-state index contributed by atoms with van der Waals surface area (Å²) >= 11 is 0. The van der Waals surface area contributed by atoms with Crippen molar-refractivity contribution in [2.45, 2.75) is 131 Å². The van der Waals surface area contributed by atoms with Crippen LogP contribution in [0, 0.1) is 10.8 Å². The van der Waals surface area contributed by atoms with Crippen molar-refractivity contribution in [3.05, 3.63) is 0 Å². The molecule has 1 fully saturated rings. The van der Waals surface area contributed by atoms with Gasteiger partial charge < -0.3 is 14.7 Å². The molecule has 1 N–H and O–H groups in total. The van der Waals surface area contributed by atoms with Crippen LogP contribution in [-0.4, -0.2) is 65.7 Å². The number of carboxylic acid groups (broad SMARTS) is 1. The van der Waals surface area contributed by atoms with Crippen molar-refractivity contribution < 1.29 is 24.2 Å². The highest BCUT2D eigenvalue weighted by molar-refractivity contribution is 6.01. The van der Waals surface area contributed by atoms with Gasteiger partial charge in [-0.05, 0) is 62.7 Å². The molecule has 1 rings (SSSR count). The largest absolute Gasteiger partial charge is 0.481 e. The molecule has 1 heterocycles. The number of likely N-dealkylation sites (N-methyl/N-ethyl adjacent to an activating group) is 1. The van der Waals surface area contributed by atoms with E-state index in [-0.39, 0.29) is 30.3 Å². The number of hydrogen-bond donors (Lipinski definition) is 1. The molecule has 1 aliphatic heterocycles. The Hall–Kier alpha value is -1.63. The number of nitrogens with zero attached hydrogens (tertiary/aromatic N) is 2. The fourth-order valence-electron chi connectivity index (χ4n) is 5.88. The van der Waals surface area contributed by atoms with Gasteiger partial charge in [-0.25, -0.2) is 4.79 Å². The second-order valence-corrected chi connectivity index (χ2v) is 11.1. The van der Waals surface area contributed by atoms with E-state index >= 15 is 0 Å². The first-order valence-corrected chi connectivity index (χ1v) is 15.1. The summed E-state index contributed by atoms with van der Waals surface area (Å²) in [7, 11) is 0. The van der Waals surface area contributed by atoms with Crippen LogP contribution in [-0.2, 0) is 14.3 Å². The Morgan fingerprint density at radius 1 is 0.784 bits per heavy atom. The van der Waals surface area contributed by atoms with E-state index in [2.05, 4.69) is 27.7 Å². The molecule has 0 atom stereocenters. The summed E-state index contributed by atoms with van der Waals surface area (Å²) in [6, 6.07) is -0.127. The zero-order valence-electron chi connectivity index (χ0n) is 24.6. The molecule has 0 spiro atoms. The highest BCUT2D eigenvalue weighted by atomic mass is 16.5. The van der Waals surface area contributed by atoms with Crippen molar-refractivity contribution >= 4 is 17.9 Å². The van der Waals surface area contributed by atoms with Crippen LogP contribution in [0.3, 0.4) is 0 Å². The van der Waals surface area contributed by atoms with Gasteiger partial charge in [0.05, 0.1) is 0 Å². The molecule has 0 aliphatic carbocycles. The molecule has 37 heavy (non-hydrogen) atoms. The molecule has 0 unspecified atom stereocenters. The molecule has 1 saturated heterocycles. The summed E-state index contributed by atoms with van der Waals surface area (Å²) in [5.74, 6) is -0.749. The van der Waals surface area contributed by atoms with Gasteiger partial charge in [-0.2, -0.15) is 0 Å². The maximum atomic E-state index is 12.3. The number of carbonyl (C=O) groups excluding carboxylic acids is 2. The molecule has 216 valence electrons. The predicted octanol–water partition coefficient (Wildman–Crippen LogP) is 7.28. The van der Waals surface area contributed by atoms with E-state index in [1.807, 2.05) is 6.92 Å². The molecule has 7 nitrogen and oxygen atoms in total. The minimum Gasteiger partial charge on any atom is -0.481 e. The molecule has 3 amide bonds. The van der Waals surface area contributed by atoms with Gasteiger partial charge >= 0.3 is 12.0 Å². The molecular weight excluding hydrogens is 468 g/mol. The Bertz CT molecular complexity index is 673. The summed E-state index contributed by atoms with van der Waals surface area (Å²) in [6.45, 7) is 13.8. The van der Waals surface area contributed by atoms with Gasteiger partial charge in [0.25, 0.3) is 0 Å². The number of urea groups is 1. The van der Waals surface area contributed by atoms with Crippen LogP contribution >= 0.6 is 0 Å². The lowest BCUT2D eigenvalue weighted by Gasteiger charge is -2.32. The van der Waals surface area contributed by atoms with Crippen LogP contribution in [0.25, 0.3) is 0 Å². The van der Waals surface area contributed by atoms with E-state index in [0.717, 1.165) is 90.3 Å². The van der Waals surface area contributed by atoms with E-state index < -0.39 is 5.97 Å². The molecule has 0 bridgehead atoms. The summed E-state index contributed by atoms with van der Waals surface area (Å²) in [5.41, 5.74) is 0.505. The second-order valence-electron chi connectivity index (χ2n) is 11.1. The Balaban J connectivity index is 2.23. The van der Waals surface area contributed by atoms with Crippen LogP contribution in [0.5, 0.6) is 0 Å². The van der Waals surface area contributed by atoms with Gasteiger partial charge in [0.15, 0.2) is 0 Å². The van der Waals surface area contributed by atoms with Crippen LogP contribution in [0.2, 0.25) is 0 Å². The first-order chi connectivity index (χ1) is 17.7. The Morgan fingerprint density at radius 3 is 1.70 bits per heavy atom. The van der Waals surface area contributed by atoms with Crippen LogP contribution in [0.4, 0.5) is 4.79 Å². The summed E-state index contributed by atoms with van der Waals surface area (Å²) in [6.07, 6.45) is 15.2. The lowest BCUT2D eigenvalue weighted by atomic mass is 9.74. The fourth-order valence-corrected chi connectivity index (χ4v) is 5.88. The number of hydrogen-bond acceptors (Lipinski definition) is 4. The topological polar surface area (TPSA) is 87.2 Å². The van der Waals surface area contributed by atoms with E-state index in [1.54, 1.807) is 4.90 Å². The van der Waals surface area contributed by atoms with Crippen LogP contribution < -0.4 is 0 Å². The number of unbranched alkanes of at least 4 members (excludes halogenated alkanes) is 3. The van der Waals surface area contributed by atoms with Gasteiger partial charge in [-0.1, -0.05) is 72.6 Å². The van der Waals surface area contributed by atoms with Gasteiger partial charge in [0, 0.05) is 32.7 Å². The third kappa shape index (κ3) is 11.3. The number of ether oxygens (including phenoxy) is 1. The van der Waals surface area contributed by atoms with Crippen LogP contribution in [0.1, 0.15) is 131 Å². The molecule has 7 heteroatoms. The van der Waals surface area contributed by atoms with Crippen LogP contribution in [0.15, 0.2) is 0 Å². The standard InChI is InChI=1S/C30H56N2O5/c1-6-29(7-2,18-11-14-22-32-26(33)25-31(10-5)28(32)36)19-12-15-23-37-24-16-13-20-30(8-3,9-4)21-17-27(34)35/h6-25H2,1-5H3,(H,34,35). The number of carboxylic acids is 1. The molecule has 0 aromatic heterocycles. The monoisotopic (exact) mass is 524 g/mol. The summed E-state index contributed by atoms with van der Waals surface area (Å²) in [5, 5.41) is 9.04. The molecule has 0 radical (unpaired) electrons. The smallest absolute Gasteiger partial charge is 0.327 e. The van der Waals surface area contributed by atoms with Crippen molar-refractivity contribution in [3.63, 3.8) is 0 Å². The number of carbonyl (C=O) groups is 3.